The maximum atomic E-state index is 6.17. The lowest BCUT2D eigenvalue weighted by atomic mass is 10.2. The molecule has 2 aromatic rings. The Morgan fingerprint density at radius 1 is 1.25 bits per heavy atom. The van der Waals surface area contributed by atoms with Gasteiger partial charge in [-0.2, -0.15) is 0 Å². The van der Waals surface area contributed by atoms with Crippen molar-refractivity contribution in [2.24, 2.45) is 5.73 Å². The molecule has 2 rings (SSSR count). The summed E-state index contributed by atoms with van der Waals surface area (Å²) in [5.41, 5.74) is 6.51. The molecule has 1 aromatic heterocycles. The average molecular weight is 293 g/mol. The molecule has 106 valence electrons. The third kappa shape index (κ3) is 3.62. The molecule has 0 aliphatic rings. The van der Waals surface area contributed by atoms with E-state index < -0.39 is 0 Å². The number of nitrogens with zero attached hydrogens (tertiary/aromatic N) is 1. The van der Waals surface area contributed by atoms with Crippen molar-refractivity contribution in [3.05, 3.63) is 47.1 Å². The Kier molecular flexibility index (Phi) is 4.82. The molecular formula is C15H17ClN2O2. The van der Waals surface area contributed by atoms with Crippen LogP contribution in [-0.2, 0) is 6.54 Å². The van der Waals surface area contributed by atoms with E-state index >= 15 is 0 Å². The minimum atomic E-state index is 0.0386. The summed E-state index contributed by atoms with van der Waals surface area (Å²) in [7, 11) is 0. The Bertz CT molecular complexity index is 588. The van der Waals surface area contributed by atoms with Crippen LogP contribution in [0.1, 0.15) is 19.4 Å². The number of pyridine rings is 1. The molecule has 0 fully saturated rings. The van der Waals surface area contributed by atoms with E-state index in [2.05, 4.69) is 4.98 Å². The first kappa shape index (κ1) is 14.6. The lowest BCUT2D eigenvalue weighted by molar-refractivity contribution is 0.231. The fourth-order valence-corrected chi connectivity index (χ4v) is 1.90. The number of nitrogens with two attached hydrogens (primary N) is 1. The Balaban J connectivity index is 2.26. The molecule has 0 aliphatic carbocycles. The van der Waals surface area contributed by atoms with E-state index in [4.69, 9.17) is 26.8 Å². The summed E-state index contributed by atoms with van der Waals surface area (Å²) < 4.78 is 11.4. The van der Waals surface area contributed by atoms with Crippen LogP contribution >= 0.6 is 11.6 Å². The highest BCUT2D eigenvalue weighted by molar-refractivity contribution is 6.32. The highest BCUT2D eigenvalue weighted by Crippen LogP contribution is 2.34. The van der Waals surface area contributed by atoms with Crippen LogP contribution in [-0.4, -0.2) is 11.1 Å². The predicted molar refractivity (Wildman–Crippen MR) is 79.4 cm³/mol. The minimum Gasteiger partial charge on any atom is -0.485 e. The van der Waals surface area contributed by atoms with Crippen molar-refractivity contribution in [3.8, 4) is 17.4 Å². The Morgan fingerprint density at radius 2 is 2.05 bits per heavy atom. The van der Waals surface area contributed by atoms with Gasteiger partial charge in [-0.3, -0.25) is 0 Å². The fourth-order valence-electron chi connectivity index (χ4n) is 1.65. The molecule has 0 atom stereocenters. The number of rotatable bonds is 5. The van der Waals surface area contributed by atoms with Crippen LogP contribution in [0.3, 0.4) is 0 Å². The first-order chi connectivity index (χ1) is 9.60. The van der Waals surface area contributed by atoms with Crippen molar-refractivity contribution in [3.63, 3.8) is 0 Å². The highest BCUT2D eigenvalue weighted by atomic mass is 35.5. The number of aromatic nitrogens is 1. The van der Waals surface area contributed by atoms with Gasteiger partial charge in [0, 0.05) is 12.7 Å². The van der Waals surface area contributed by atoms with Crippen molar-refractivity contribution in [2.45, 2.75) is 26.5 Å². The summed E-state index contributed by atoms with van der Waals surface area (Å²) in [5, 5.41) is 0.495. The van der Waals surface area contributed by atoms with Gasteiger partial charge in [-0.05, 0) is 43.7 Å². The van der Waals surface area contributed by atoms with Crippen LogP contribution in [0.25, 0.3) is 0 Å². The second-order valence-electron chi connectivity index (χ2n) is 4.54. The predicted octanol–water partition coefficient (Wildman–Crippen LogP) is 3.77. The Hall–Kier alpha value is -1.78. The molecule has 1 heterocycles. The van der Waals surface area contributed by atoms with E-state index in [0.717, 1.165) is 5.56 Å². The molecule has 0 aliphatic heterocycles. The number of ether oxygens (including phenoxy) is 2. The third-order valence-electron chi connectivity index (χ3n) is 2.54. The minimum absolute atomic E-state index is 0.0386. The molecule has 1 aromatic carbocycles. The molecule has 0 unspecified atom stereocenters. The lowest BCUT2D eigenvalue weighted by Crippen LogP contribution is -2.07. The summed E-state index contributed by atoms with van der Waals surface area (Å²) in [6, 6.07) is 9.03. The molecule has 20 heavy (non-hydrogen) atoms. The molecular weight excluding hydrogens is 276 g/mol. The van der Waals surface area contributed by atoms with Crippen LogP contribution in [0.4, 0.5) is 0 Å². The smallest absolute Gasteiger partial charge is 0.262 e. The number of benzene rings is 1. The molecule has 0 saturated heterocycles. The zero-order chi connectivity index (χ0) is 14.5. The number of hydrogen-bond acceptors (Lipinski definition) is 4. The molecule has 0 radical (unpaired) electrons. The van der Waals surface area contributed by atoms with Gasteiger partial charge >= 0.3 is 0 Å². The van der Waals surface area contributed by atoms with E-state index in [1.54, 1.807) is 24.4 Å². The first-order valence-corrected chi connectivity index (χ1v) is 6.76. The summed E-state index contributed by atoms with van der Waals surface area (Å²) in [5.74, 6) is 1.50. The third-order valence-corrected chi connectivity index (χ3v) is 2.83. The van der Waals surface area contributed by atoms with Crippen LogP contribution < -0.4 is 15.2 Å². The molecule has 5 heteroatoms. The zero-order valence-corrected chi connectivity index (χ0v) is 12.2. The second kappa shape index (κ2) is 6.59. The normalized spacial score (nSPS) is 10.7. The van der Waals surface area contributed by atoms with Gasteiger partial charge in [-0.1, -0.05) is 17.7 Å². The highest BCUT2D eigenvalue weighted by Gasteiger charge is 2.11. The van der Waals surface area contributed by atoms with Gasteiger partial charge in [-0.25, -0.2) is 4.98 Å². The van der Waals surface area contributed by atoms with Crippen LogP contribution in [0.2, 0.25) is 5.02 Å². The quantitative estimate of drug-likeness (QED) is 0.911. The molecule has 0 bridgehead atoms. The standard InChI is InChI=1S/C15H17ClN2O2/c1-10(2)19-14-4-3-7-18-15(14)20-13-6-5-11(9-17)8-12(13)16/h3-8,10H,9,17H2,1-2H3. The molecule has 0 saturated carbocycles. The van der Waals surface area contributed by atoms with E-state index in [1.165, 1.54) is 0 Å². The maximum absolute atomic E-state index is 6.17. The average Bonchev–Trinajstić information content (AvgIpc) is 2.42. The van der Waals surface area contributed by atoms with Gasteiger partial charge in [0.05, 0.1) is 11.1 Å². The van der Waals surface area contributed by atoms with Crippen LogP contribution in [0, 0.1) is 0 Å². The number of hydrogen-bond donors (Lipinski definition) is 1. The van der Waals surface area contributed by atoms with E-state index in [9.17, 15) is 0 Å². The van der Waals surface area contributed by atoms with Crippen molar-refractivity contribution in [2.75, 3.05) is 0 Å². The number of halogens is 1. The SMILES string of the molecule is CC(C)Oc1cccnc1Oc1ccc(CN)cc1Cl. The van der Waals surface area contributed by atoms with Crippen molar-refractivity contribution in [1.82, 2.24) is 4.98 Å². The maximum Gasteiger partial charge on any atom is 0.262 e. The van der Waals surface area contributed by atoms with Crippen molar-refractivity contribution in [1.29, 1.82) is 0 Å². The lowest BCUT2D eigenvalue weighted by Gasteiger charge is -2.14. The summed E-state index contributed by atoms with van der Waals surface area (Å²) in [6.45, 7) is 4.32. The van der Waals surface area contributed by atoms with E-state index in [-0.39, 0.29) is 6.10 Å². The largest absolute Gasteiger partial charge is 0.485 e. The Morgan fingerprint density at radius 3 is 2.70 bits per heavy atom. The summed E-state index contributed by atoms with van der Waals surface area (Å²) >= 11 is 6.17. The van der Waals surface area contributed by atoms with E-state index in [1.807, 2.05) is 26.0 Å². The Labute approximate surface area is 123 Å². The van der Waals surface area contributed by atoms with Crippen molar-refractivity contribution >= 4 is 11.6 Å². The fraction of sp³-hybridized carbons (Fsp3) is 0.267. The summed E-state index contributed by atoms with van der Waals surface area (Å²) in [4.78, 5) is 4.18. The van der Waals surface area contributed by atoms with Crippen molar-refractivity contribution < 1.29 is 9.47 Å². The van der Waals surface area contributed by atoms with Gasteiger partial charge in [0.15, 0.2) is 5.75 Å². The second-order valence-corrected chi connectivity index (χ2v) is 4.95. The molecule has 0 spiro atoms. The molecule has 2 N–H and O–H groups in total. The molecule has 4 nitrogen and oxygen atoms in total. The summed E-state index contributed by atoms with van der Waals surface area (Å²) in [6.07, 6.45) is 1.68. The zero-order valence-electron chi connectivity index (χ0n) is 11.5. The topological polar surface area (TPSA) is 57.4 Å². The molecule has 0 amide bonds. The first-order valence-electron chi connectivity index (χ1n) is 6.38. The monoisotopic (exact) mass is 292 g/mol. The van der Waals surface area contributed by atoms with Crippen LogP contribution in [0.5, 0.6) is 17.4 Å². The van der Waals surface area contributed by atoms with Gasteiger partial charge in [0.2, 0.25) is 0 Å². The van der Waals surface area contributed by atoms with Gasteiger partial charge < -0.3 is 15.2 Å². The van der Waals surface area contributed by atoms with Crippen LogP contribution in [0.15, 0.2) is 36.5 Å². The van der Waals surface area contributed by atoms with Gasteiger partial charge in [-0.15, -0.1) is 0 Å². The van der Waals surface area contributed by atoms with E-state index in [0.29, 0.717) is 28.9 Å². The van der Waals surface area contributed by atoms with Gasteiger partial charge in [0.25, 0.3) is 5.88 Å². The van der Waals surface area contributed by atoms with Gasteiger partial charge in [0.1, 0.15) is 5.75 Å².